The van der Waals surface area contributed by atoms with E-state index in [4.69, 9.17) is 14.2 Å². The lowest BCUT2D eigenvalue weighted by molar-refractivity contribution is -0.137. The zero-order chi connectivity index (χ0) is 22.7. The lowest BCUT2D eigenvalue weighted by Gasteiger charge is -2.35. The van der Waals surface area contributed by atoms with Crippen LogP contribution in [0.4, 0.5) is 23.2 Å². The lowest BCUT2D eigenvalue weighted by Crippen LogP contribution is -2.42. The van der Waals surface area contributed by atoms with E-state index in [1.807, 2.05) is 0 Å². The molecule has 34 heavy (non-hydrogen) atoms. The van der Waals surface area contributed by atoms with Crippen molar-refractivity contribution >= 4 is 30.5 Å². The molecule has 2 aliphatic rings. The molecule has 0 aromatic heterocycles. The minimum atomic E-state index is -4.42. The number of nitrogens with zero attached hydrogens (tertiary/aromatic N) is 1. The van der Waals surface area contributed by atoms with E-state index >= 15 is 0 Å². The largest absolute Gasteiger partial charge is 0.494 e. The Morgan fingerprint density at radius 2 is 1.76 bits per heavy atom. The second-order valence-corrected chi connectivity index (χ2v) is 8.11. The molecule has 0 bridgehead atoms. The summed E-state index contributed by atoms with van der Waals surface area (Å²) in [6.45, 7) is 3.23. The van der Waals surface area contributed by atoms with Gasteiger partial charge in [-0.05, 0) is 55.6 Å². The van der Waals surface area contributed by atoms with Gasteiger partial charge in [0.05, 0.1) is 18.4 Å². The summed E-state index contributed by atoms with van der Waals surface area (Å²) >= 11 is 0. The fourth-order valence-electron chi connectivity index (χ4n) is 4.13. The molecule has 2 heterocycles. The Labute approximate surface area is 208 Å². The van der Waals surface area contributed by atoms with Gasteiger partial charge in [-0.3, -0.25) is 0 Å². The van der Waals surface area contributed by atoms with Crippen molar-refractivity contribution in [1.82, 2.24) is 5.32 Å². The smallest absolute Gasteiger partial charge is 0.416 e. The molecule has 1 saturated heterocycles. The van der Waals surface area contributed by atoms with Crippen molar-refractivity contribution in [2.24, 2.45) is 5.92 Å². The monoisotopic (exact) mass is 526 g/mol. The molecule has 4 rings (SSSR count). The second-order valence-electron chi connectivity index (χ2n) is 8.11. The number of piperidine rings is 1. The average Bonchev–Trinajstić information content (AvgIpc) is 2.78. The first-order chi connectivity index (χ1) is 15.3. The third kappa shape index (κ3) is 6.73. The van der Waals surface area contributed by atoms with Crippen LogP contribution in [-0.2, 0) is 6.18 Å². The summed E-state index contributed by atoms with van der Waals surface area (Å²) in [5.41, 5.74) is 0.142. The third-order valence-electron chi connectivity index (χ3n) is 5.89. The Bertz CT molecular complexity index is 941. The maximum absolute atomic E-state index is 13.4. The maximum Gasteiger partial charge on any atom is 0.416 e. The molecular formula is C23H28Cl2F4N2O3. The molecule has 0 spiro atoms. The summed E-state index contributed by atoms with van der Waals surface area (Å²) in [6, 6.07) is 7.86. The molecule has 2 aromatic carbocycles. The highest BCUT2D eigenvalue weighted by molar-refractivity contribution is 5.85. The van der Waals surface area contributed by atoms with Crippen LogP contribution in [0.1, 0.15) is 18.4 Å². The zero-order valence-electron chi connectivity index (χ0n) is 18.6. The molecule has 5 nitrogen and oxygen atoms in total. The molecule has 11 heteroatoms. The number of fused-ring (bicyclic) bond motifs is 1. The highest BCUT2D eigenvalue weighted by Gasteiger charge is 2.33. The van der Waals surface area contributed by atoms with Gasteiger partial charge in [-0.25, -0.2) is 4.39 Å². The topological polar surface area (TPSA) is 43.0 Å². The Balaban J connectivity index is 0.00000204. The highest BCUT2D eigenvalue weighted by atomic mass is 35.5. The standard InChI is InChI=1S/C23H26F4N2O3.2ClH/c1-30-21-11-17(24)3-4-19(21)29-8-6-15(7-9-29)12-28-13-18-14-31-20-5-2-16(23(25,26)27)10-22(20)32-18;;/h2-5,10-11,15,18,28H,6-9,12-14H2,1H3;2*1H/t18-;;/m0../s1. The van der Waals surface area contributed by atoms with Gasteiger partial charge in [-0.15, -0.1) is 24.8 Å². The average molecular weight is 527 g/mol. The minimum absolute atomic E-state index is 0. The molecule has 2 aromatic rings. The number of anilines is 1. The Morgan fingerprint density at radius 1 is 1.03 bits per heavy atom. The fraction of sp³-hybridized carbons (Fsp3) is 0.478. The van der Waals surface area contributed by atoms with Crippen LogP contribution in [-0.4, -0.2) is 46.0 Å². The Morgan fingerprint density at radius 3 is 2.44 bits per heavy atom. The van der Waals surface area contributed by atoms with Crippen molar-refractivity contribution < 1.29 is 31.8 Å². The summed E-state index contributed by atoms with van der Waals surface area (Å²) in [6.07, 6.45) is -2.84. The predicted octanol–water partition coefficient (Wildman–Crippen LogP) is 5.34. The van der Waals surface area contributed by atoms with E-state index in [9.17, 15) is 17.6 Å². The van der Waals surface area contributed by atoms with Gasteiger partial charge in [0.25, 0.3) is 0 Å². The van der Waals surface area contributed by atoms with Crippen LogP contribution in [0.25, 0.3) is 0 Å². The van der Waals surface area contributed by atoms with E-state index in [0.717, 1.165) is 50.3 Å². The SMILES string of the molecule is COc1cc(F)ccc1N1CCC(CNC[C@H]2COc3ccc(C(F)(F)F)cc3O2)CC1.Cl.Cl. The lowest BCUT2D eigenvalue weighted by atomic mass is 9.96. The molecule has 0 aliphatic carbocycles. The third-order valence-corrected chi connectivity index (χ3v) is 5.89. The van der Waals surface area contributed by atoms with Crippen molar-refractivity contribution in [2.45, 2.75) is 25.1 Å². The van der Waals surface area contributed by atoms with Crippen LogP contribution in [0.3, 0.4) is 0 Å². The van der Waals surface area contributed by atoms with Crippen LogP contribution in [0.5, 0.6) is 17.2 Å². The first kappa shape index (κ1) is 28.1. The number of ether oxygens (including phenoxy) is 3. The number of hydrogen-bond donors (Lipinski definition) is 1. The van der Waals surface area contributed by atoms with Crippen LogP contribution < -0.4 is 24.4 Å². The number of alkyl halides is 3. The van der Waals surface area contributed by atoms with Crippen LogP contribution in [0.15, 0.2) is 36.4 Å². The van der Waals surface area contributed by atoms with Gasteiger partial charge in [0.1, 0.15) is 24.3 Å². The van der Waals surface area contributed by atoms with Crippen LogP contribution in [0.2, 0.25) is 0 Å². The molecular weight excluding hydrogens is 499 g/mol. The summed E-state index contributed by atoms with van der Waals surface area (Å²) in [7, 11) is 1.54. The molecule has 190 valence electrons. The molecule has 1 atom stereocenters. The number of rotatable bonds is 6. The van der Waals surface area contributed by atoms with Gasteiger partial charge in [0, 0.05) is 25.7 Å². The molecule has 0 radical (unpaired) electrons. The zero-order valence-corrected chi connectivity index (χ0v) is 20.2. The van der Waals surface area contributed by atoms with Gasteiger partial charge in [-0.2, -0.15) is 13.2 Å². The number of nitrogens with one attached hydrogen (secondary N) is 1. The van der Waals surface area contributed by atoms with Crippen molar-refractivity contribution in [3.05, 3.63) is 47.8 Å². The van der Waals surface area contributed by atoms with E-state index in [0.29, 0.717) is 24.0 Å². The van der Waals surface area contributed by atoms with Gasteiger partial charge in [-0.1, -0.05) is 0 Å². The summed E-state index contributed by atoms with van der Waals surface area (Å²) in [5.74, 6) is 1.13. The maximum atomic E-state index is 13.4. The van der Waals surface area contributed by atoms with E-state index in [1.54, 1.807) is 6.07 Å². The van der Waals surface area contributed by atoms with E-state index in [-0.39, 0.29) is 49.1 Å². The van der Waals surface area contributed by atoms with Gasteiger partial charge >= 0.3 is 6.18 Å². The van der Waals surface area contributed by atoms with Gasteiger partial charge in [0.15, 0.2) is 11.5 Å². The van der Waals surface area contributed by atoms with E-state index < -0.39 is 11.7 Å². The molecule has 0 amide bonds. The summed E-state index contributed by atoms with van der Waals surface area (Å²) in [5, 5.41) is 3.37. The van der Waals surface area contributed by atoms with Crippen molar-refractivity contribution in [1.29, 1.82) is 0 Å². The first-order valence-electron chi connectivity index (χ1n) is 10.6. The second kappa shape index (κ2) is 12.0. The highest BCUT2D eigenvalue weighted by Crippen LogP contribution is 2.38. The summed E-state index contributed by atoms with van der Waals surface area (Å²) < 4.78 is 68.8. The van der Waals surface area contributed by atoms with Gasteiger partial charge in [0.2, 0.25) is 0 Å². The molecule has 2 aliphatic heterocycles. The van der Waals surface area contributed by atoms with Crippen molar-refractivity contribution in [2.75, 3.05) is 44.8 Å². The number of methoxy groups -OCH3 is 1. The number of halogens is 6. The van der Waals surface area contributed by atoms with Gasteiger partial charge < -0.3 is 24.4 Å². The molecule has 1 N–H and O–H groups in total. The Hall–Kier alpha value is -2.10. The van der Waals surface area contributed by atoms with Crippen LogP contribution in [0, 0.1) is 11.7 Å². The van der Waals surface area contributed by atoms with Crippen molar-refractivity contribution in [3.63, 3.8) is 0 Å². The minimum Gasteiger partial charge on any atom is -0.494 e. The number of benzene rings is 2. The predicted molar refractivity (Wildman–Crippen MR) is 127 cm³/mol. The van der Waals surface area contributed by atoms with E-state index in [2.05, 4.69) is 10.2 Å². The number of hydrogen-bond acceptors (Lipinski definition) is 5. The molecule has 0 unspecified atom stereocenters. The summed E-state index contributed by atoms with van der Waals surface area (Å²) in [4.78, 5) is 2.20. The van der Waals surface area contributed by atoms with Crippen LogP contribution >= 0.6 is 24.8 Å². The normalized spacial score (nSPS) is 18.0. The van der Waals surface area contributed by atoms with Crippen molar-refractivity contribution in [3.8, 4) is 17.2 Å². The molecule has 0 saturated carbocycles. The van der Waals surface area contributed by atoms with E-state index in [1.165, 1.54) is 25.3 Å². The quantitative estimate of drug-likeness (QED) is 0.514. The Kier molecular flexibility index (Phi) is 9.96. The molecule has 1 fully saturated rings. The first-order valence-corrected chi connectivity index (χ1v) is 10.6. The fourth-order valence-corrected chi connectivity index (χ4v) is 4.13.